The first-order valence-corrected chi connectivity index (χ1v) is 11.1. The summed E-state index contributed by atoms with van der Waals surface area (Å²) in [7, 11) is 0. The van der Waals surface area contributed by atoms with Gasteiger partial charge in [-0.2, -0.15) is 0 Å². The summed E-state index contributed by atoms with van der Waals surface area (Å²) in [6.07, 6.45) is 3.12. The number of carbonyl (C=O) groups excluding carboxylic acids is 2. The fourth-order valence-electron chi connectivity index (χ4n) is 3.10. The van der Waals surface area contributed by atoms with E-state index < -0.39 is 6.10 Å². The standard InChI is InChI=1S/C20H21BrClNO4S/c1-3-26-20(25)17-13-6-4-5-7-16(13)28-19(17)23-18(24)11(2)27-15-9-8-12(22)10-14(15)21/h8-11H,3-7H2,1-2H3,(H,23,24). The van der Waals surface area contributed by atoms with Crippen LogP contribution in [0.25, 0.3) is 0 Å². The van der Waals surface area contributed by atoms with Crippen molar-refractivity contribution < 1.29 is 19.1 Å². The fourth-order valence-corrected chi connectivity index (χ4v) is 5.16. The Bertz CT molecular complexity index is 899. The van der Waals surface area contributed by atoms with Crippen LogP contribution >= 0.6 is 38.9 Å². The van der Waals surface area contributed by atoms with E-state index in [1.807, 2.05) is 0 Å². The minimum absolute atomic E-state index is 0.293. The molecule has 0 aliphatic heterocycles. The SMILES string of the molecule is CCOC(=O)c1c(NC(=O)C(C)Oc2ccc(Cl)cc2Br)sc2c1CCCC2. The van der Waals surface area contributed by atoms with Crippen LogP contribution in [0.15, 0.2) is 22.7 Å². The lowest BCUT2D eigenvalue weighted by Crippen LogP contribution is -2.30. The molecule has 1 aliphatic carbocycles. The molecule has 1 atom stereocenters. The van der Waals surface area contributed by atoms with E-state index in [-0.39, 0.29) is 11.9 Å². The molecular formula is C20H21BrClNO4S. The molecule has 5 nitrogen and oxygen atoms in total. The summed E-state index contributed by atoms with van der Waals surface area (Å²) in [6.45, 7) is 3.73. The third kappa shape index (κ3) is 4.70. The van der Waals surface area contributed by atoms with Crippen molar-refractivity contribution in [3.8, 4) is 5.75 Å². The maximum atomic E-state index is 12.7. The number of nitrogens with one attached hydrogen (secondary N) is 1. The Labute approximate surface area is 181 Å². The van der Waals surface area contributed by atoms with Crippen LogP contribution in [-0.2, 0) is 22.4 Å². The Balaban J connectivity index is 1.79. The zero-order valence-electron chi connectivity index (χ0n) is 15.6. The van der Waals surface area contributed by atoms with E-state index in [1.165, 1.54) is 11.3 Å². The van der Waals surface area contributed by atoms with Crippen LogP contribution in [0.3, 0.4) is 0 Å². The molecule has 1 heterocycles. The van der Waals surface area contributed by atoms with Crippen molar-refractivity contribution in [1.82, 2.24) is 0 Å². The third-order valence-corrected chi connectivity index (χ3v) is 6.52. The second-order valence-electron chi connectivity index (χ2n) is 6.46. The van der Waals surface area contributed by atoms with Crippen molar-refractivity contribution in [3.63, 3.8) is 0 Å². The van der Waals surface area contributed by atoms with Gasteiger partial charge in [0.2, 0.25) is 0 Å². The maximum absolute atomic E-state index is 12.7. The lowest BCUT2D eigenvalue weighted by atomic mass is 9.95. The number of halogens is 2. The molecule has 1 aliphatic rings. The molecule has 1 aromatic carbocycles. The summed E-state index contributed by atoms with van der Waals surface area (Å²) in [4.78, 5) is 26.4. The second-order valence-corrected chi connectivity index (χ2v) is 8.86. The minimum atomic E-state index is -0.758. The number of thiophene rings is 1. The predicted octanol–water partition coefficient (Wildman–Crippen LogP) is 5.63. The van der Waals surface area contributed by atoms with E-state index in [2.05, 4.69) is 21.2 Å². The number of carbonyl (C=O) groups is 2. The Hall–Kier alpha value is -1.57. The Kier molecular flexibility index (Phi) is 7.01. The summed E-state index contributed by atoms with van der Waals surface area (Å²) in [5, 5.41) is 3.98. The highest BCUT2D eigenvalue weighted by Gasteiger charge is 2.28. The lowest BCUT2D eigenvalue weighted by molar-refractivity contribution is -0.122. The van der Waals surface area contributed by atoms with E-state index in [0.29, 0.717) is 32.4 Å². The number of anilines is 1. The van der Waals surface area contributed by atoms with E-state index in [4.69, 9.17) is 21.1 Å². The molecule has 0 saturated carbocycles. The van der Waals surface area contributed by atoms with Crippen LogP contribution in [0, 0.1) is 0 Å². The van der Waals surface area contributed by atoms with Gasteiger partial charge < -0.3 is 14.8 Å². The van der Waals surface area contributed by atoms with E-state index in [1.54, 1.807) is 32.0 Å². The molecule has 1 aromatic heterocycles. The van der Waals surface area contributed by atoms with Gasteiger partial charge in [-0.05, 0) is 79.2 Å². The third-order valence-electron chi connectivity index (χ3n) is 4.45. The topological polar surface area (TPSA) is 64.6 Å². The smallest absolute Gasteiger partial charge is 0.341 e. The van der Waals surface area contributed by atoms with Crippen LogP contribution < -0.4 is 10.1 Å². The van der Waals surface area contributed by atoms with Crippen molar-refractivity contribution >= 4 is 55.7 Å². The Morgan fingerprint density at radius 3 is 2.79 bits per heavy atom. The van der Waals surface area contributed by atoms with Crippen LogP contribution in [0.4, 0.5) is 5.00 Å². The van der Waals surface area contributed by atoms with Gasteiger partial charge in [-0.25, -0.2) is 4.79 Å². The van der Waals surface area contributed by atoms with Crippen molar-refractivity contribution in [3.05, 3.63) is 43.7 Å². The zero-order chi connectivity index (χ0) is 20.3. The summed E-state index contributed by atoms with van der Waals surface area (Å²) in [6, 6.07) is 5.09. The summed E-state index contributed by atoms with van der Waals surface area (Å²) < 4.78 is 11.6. The monoisotopic (exact) mass is 485 g/mol. The number of ether oxygens (including phenoxy) is 2. The highest BCUT2D eigenvalue weighted by molar-refractivity contribution is 9.10. The Morgan fingerprint density at radius 1 is 1.32 bits per heavy atom. The molecule has 2 aromatic rings. The van der Waals surface area contributed by atoms with Crippen molar-refractivity contribution in [2.45, 2.75) is 45.6 Å². The van der Waals surface area contributed by atoms with Gasteiger partial charge in [0.05, 0.1) is 16.6 Å². The largest absolute Gasteiger partial charge is 0.480 e. The molecule has 8 heteroatoms. The van der Waals surface area contributed by atoms with Gasteiger partial charge in [0.15, 0.2) is 6.10 Å². The minimum Gasteiger partial charge on any atom is -0.480 e. The molecular weight excluding hydrogens is 466 g/mol. The first-order chi connectivity index (χ1) is 13.4. The Morgan fingerprint density at radius 2 is 2.07 bits per heavy atom. The molecule has 3 rings (SSSR count). The van der Waals surface area contributed by atoms with Crippen LogP contribution in [-0.4, -0.2) is 24.6 Å². The van der Waals surface area contributed by atoms with Crippen LogP contribution in [0.5, 0.6) is 5.75 Å². The molecule has 1 N–H and O–H groups in total. The van der Waals surface area contributed by atoms with Gasteiger partial charge in [-0.15, -0.1) is 11.3 Å². The number of esters is 1. The van der Waals surface area contributed by atoms with Gasteiger partial charge in [0.1, 0.15) is 10.8 Å². The van der Waals surface area contributed by atoms with Crippen molar-refractivity contribution in [2.24, 2.45) is 0 Å². The average molecular weight is 487 g/mol. The number of amides is 1. The number of benzene rings is 1. The van der Waals surface area contributed by atoms with E-state index >= 15 is 0 Å². The quantitative estimate of drug-likeness (QED) is 0.538. The summed E-state index contributed by atoms with van der Waals surface area (Å²) >= 11 is 10.8. The first kappa shape index (κ1) is 21.1. The normalized spacial score (nSPS) is 14.1. The van der Waals surface area contributed by atoms with Gasteiger partial charge in [0, 0.05) is 9.90 Å². The predicted molar refractivity (Wildman–Crippen MR) is 115 cm³/mol. The molecule has 0 spiro atoms. The van der Waals surface area contributed by atoms with E-state index in [9.17, 15) is 9.59 Å². The van der Waals surface area contributed by atoms with Crippen molar-refractivity contribution in [1.29, 1.82) is 0 Å². The number of aryl methyl sites for hydroxylation is 1. The maximum Gasteiger partial charge on any atom is 0.341 e. The number of hydrogen-bond acceptors (Lipinski definition) is 5. The summed E-state index contributed by atoms with van der Waals surface area (Å²) in [5.41, 5.74) is 1.51. The second kappa shape index (κ2) is 9.29. The molecule has 0 radical (unpaired) electrons. The van der Waals surface area contributed by atoms with Gasteiger partial charge >= 0.3 is 5.97 Å². The molecule has 1 amide bonds. The lowest BCUT2D eigenvalue weighted by Gasteiger charge is -2.16. The van der Waals surface area contributed by atoms with Gasteiger partial charge in [-0.1, -0.05) is 11.6 Å². The number of fused-ring (bicyclic) bond motifs is 1. The van der Waals surface area contributed by atoms with Gasteiger partial charge in [0.25, 0.3) is 5.91 Å². The highest BCUT2D eigenvalue weighted by Crippen LogP contribution is 2.39. The highest BCUT2D eigenvalue weighted by atomic mass is 79.9. The van der Waals surface area contributed by atoms with Crippen molar-refractivity contribution in [2.75, 3.05) is 11.9 Å². The molecule has 0 saturated heterocycles. The summed E-state index contributed by atoms with van der Waals surface area (Å²) in [5.74, 6) is -0.194. The van der Waals surface area contributed by atoms with E-state index in [0.717, 1.165) is 36.1 Å². The number of rotatable bonds is 6. The molecule has 0 fully saturated rings. The zero-order valence-corrected chi connectivity index (χ0v) is 18.8. The van der Waals surface area contributed by atoms with Crippen LogP contribution in [0.2, 0.25) is 5.02 Å². The molecule has 28 heavy (non-hydrogen) atoms. The molecule has 150 valence electrons. The average Bonchev–Trinajstić information content (AvgIpc) is 3.02. The molecule has 0 bridgehead atoms. The molecule has 1 unspecified atom stereocenters. The van der Waals surface area contributed by atoms with Crippen LogP contribution in [0.1, 0.15) is 47.5 Å². The number of hydrogen-bond donors (Lipinski definition) is 1. The van der Waals surface area contributed by atoms with Gasteiger partial charge in [-0.3, -0.25) is 4.79 Å². The first-order valence-electron chi connectivity index (χ1n) is 9.15. The fraction of sp³-hybridized carbons (Fsp3) is 0.400.